The molecule has 0 radical (unpaired) electrons. The van der Waals surface area contributed by atoms with E-state index in [0.717, 1.165) is 18.9 Å². The molecule has 5 nitrogen and oxygen atoms in total. The van der Waals surface area contributed by atoms with Crippen LogP contribution in [-0.2, 0) is 0 Å². The highest BCUT2D eigenvalue weighted by Crippen LogP contribution is 2.30. The second-order valence-electron chi connectivity index (χ2n) is 4.71. The van der Waals surface area contributed by atoms with Crippen molar-refractivity contribution in [2.75, 3.05) is 11.9 Å². The summed E-state index contributed by atoms with van der Waals surface area (Å²) in [6.07, 6.45) is 3.35. The lowest BCUT2D eigenvalue weighted by molar-refractivity contribution is -0.385. The van der Waals surface area contributed by atoms with Gasteiger partial charge in [-0.15, -0.1) is 0 Å². The van der Waals surface area contributed by atoms with Crippen molar-refractivity contribution in [2.24, 2.45) is 0 Å². The molecule has 0 aromatic heterocycles. The van der Waals surface area contributed by atoms with Gasteiger partial charge in [-0.1, -0.05) is 12.8 Å². The van der Waals surface area contributed by atoms with Crippen molar-refractivity contribution in [3.63, 3.8) is 0 Å². The third-order valence-corrected chi connectivity index (χ3v) is 3.31. The highest BCUT2D eigenvalue weighted by Gasteiger charge is 2.30. The fraction of sp³-hybridized carbons (Fsp3) is 0.500. The maximum atomic E-state index is 13.6. The largest absolute Gasteiger partial charge is 0.388 e. The van der Waals surface area contributed by atoms with Crippen molar-refractivity contribution in [2.45, 2.75) is 31.3 Å². The summed E-state index contributed by atoms with van der Waals surface area (Å²) in [4.78, 5) is 9.82. The minimum atomic E-state index is -0.784. The van der Waals surface area contributed by atoms with Crippen LogP contribution in [0.2, 0.25) is 0 Å². The molecule has 0 aliphatic heterocycles. The number of halogens is 1. The smallest absolute Gasteiger partial charge is 0.272 e. The zero-order valence-electron chi connectivity index (χ0n) is 9.86. The first-order valence-electron chi connectivity index (χ1n) is 5.90. The van der Waals surface area contributed by atoms with Gasteiger partial charge < -0.3 is 10.4 Å². The summed E-state index contributed by atoms with van der Waals surface area (Å²) in [5, 5.41) is 23.4. The number of nitrogens with one attached hydrogen (secondary N) is 1. The summed E-state index contributed by atoms with van der Waals surface area (Å²) in [6.45, 7) is 0.266. The van der Waals surface area contributed by atoms with Crippen LogP contribution in [0, 0.1) is 15.9 Å². The molecular weight excluding hydrogens is 239 g/mol. The van der Waals surface area contributed by atoms with Crippen LogP contribution in [-0.4, -0.2) is 22.2 Å². The summed E-state index contributed by atoms with van der Waals surface area (Å²) in [5.41, 5.74) is -0.882. The predicted molar refractivity (Wildman–Crippen MR) is 65.0 cm³/mol. The van der Waals surface area contributed by atoms with Crippen LogP contribution in [0.3, 0.4) is 0 Å². The Hall–Kier alpha value is -1.69. The van der Waals surface area contributed by atoms with Crippen LogP contribution in [0.5, 0.6) is 0 Å². The molecule has 0 atom stereocenters. The number of nitro benzene ring substituents is 1. The van der Waals surface area contributed by atoms with E-state index in [-0.39, 0.29) is 17.9 Å². The average molecular weight is 254 g/mol. The van der Waals surface area contributed by atoms with Crippen LogP contribution in [0.15, 0.2) is 18.2 Å². The molecule has 0 saturated heterocycles. The molecule has 1 saturated carbocycles. The van der Waals surface area contributed by atoms with Gasteiger partial charge in [-0.25, -0.2) is 4.39 Å². The van der Waals surface area contributed by atoms with Crippen LogP contribution < -0.4 is 5.32 Å². The van der Waals surface area contributed by atoms with E-state index < -0.39 is 16.3 Å². The third-order valence-electron chi connectivity index (χ3n) is 3.31. The second kappa shape index (κ2) is 4.89. The Labute approximate surface area is 104 Å². The molecule has 1 aromatic rings. The number of hydrogen-bond acceptors (Lipinski definition) is 4. The Bertz CT molecular complexity index is 459. The molecular formula is C12H15FN2O3. The van der Waals surface area contributed by atoms with Crippen LogP contribution in [0.4, 0.5) is 15.8 Å². The van der Waals surface area contributed by atoms with Crippen molar-refractivity contribution < 1.29 is 14.4 Å². The minimum Gasteiger partial charge on any atom is -0.388 e. The monoisotopic (exact) mass is 254 g/mol. The van der Waals surface area contributed by atoms with Crippen LogP contribution in [0.1, 0.15) is 25.7 Å². The number of hydrogen-bond donors (Lipinski definition) is 2. The average Bonchev–Trinajstić information content (AvgIpc) is 2.75. The quantitative estimate of drug-likeness (QED) is 0.639. The fourth-order valence-corrected chi connectivity index (χ4v) is 2.23. The predicted octanol–water partition coefficient (Wildman–Crippen LogP) is 2.45. The Morgan fingerprint density at radius 1 is 1.44 bits per heavy atom. The summed E-state index contributed by atoms with van der Waals surface area (Å²) >= 11 is 0. The molecule has 0 spiro atoms. The van der Waals surface area contributed by atoms with E-state index in [2.05, 4.69) is 5.32 Å². The number of rotatable bonds is 4. The molecule has 1 aliphatic rings. The number of nitrogens with zero attached hydrogens (tertiary/aromatic N) is 1. The molecule has 98 valence electrons. The molecule has 0 heterocycles. The SMILES string of the molecule is O=[N+]([O-])c1ccc(NCC2(O)CCCC2)c(F)c1. The zero-order chi connectivity index (χ0) is 13.2. The molecule has 18 heavy (non-hydrogen) atoms. The normalized spacial score (nSPS) is 17.7. The number of aliphatic hydroxyl groups is 1. The van der Waals surface area contributed by atoms with Gasteiger partial charge in [0, 0.05) is 12.6 Å². The summed E-state index contributed by atoms with van der Waals surface area (Å²) < 4.78 is 13.6. The summed E-state index contributed by atoms with van der Waals surface area (Å²) in [7, 11) is 0. The van der Waals surface area contributed by atoms with Gasteiger partial charge in [-0.3, -0.25) is 10.1 Å². The number of non-ortho nitro benzene ring substituents is 1. The number of nitro groups is 1. The lowest BCUT2D eigenvalue weighted by atomic mass is 10.0. The first-order valence-corrected chi connectivity index (χ1v) is 5.90. The standard InChI is InChI=1S/C12H15FN2O3/c13-10-7-9(15(17)18)3-4-11(10)14-8-12(16)5-1-2-6-12/h3-4,7,14,16H,1-2,5-6,8H2. The molecule has 2 N–H and O–H groups in total. The van der Waals surface area contributed by atoms with Crippen LogP contribution in [0.25, 0.3) is 0 Å². The minimum absolute atomic E-state index is 0.181. The van der Waals surface area contributed by atoms with Gasteiger partial charge in [-0.2, -0.15) is 0 Å². The zero-order valence-corrected chi connectivity index (χ0v) is 9.86. The highest BCUT2D eigenvalue weighted by atomic mass is 19.1. The molecule has 1 fully saturated rings. The van der Waals surface area contributed by atoms with E-state index in [1.807, 2.05) is 0 Å². The van der Waals surface area contributed by atoms with Crippen LogP contribution >= 0.6 is 0 Å². The van der Waals surface area contributed by atoms with Gasteiger partial charge in [0.25, 0.3) is 5.69 Å². The van der Waals surface area contributed by atoms with Gasteiger partial charge in [-0.05, 0) is 18.9 Å². The lowest BCUT2D eigenvalue weighted by Crippen LogP contribution is -2.33. The van der Waals surface area contributed by atoms with Crippen molar-refractivity contribution in [1.29, 1.82) is 0 Å². The van der Waals surface area contributed by atoms with E-state index in [9.17, 15) is 19.6 Å². The maximum Gasteiger partial charge on any atom is 0.272 e. The molecule has 0 bridgehead atoms. The Balaban J connectivity index is 2.03. The Morgan fingerprint density at radius 2 is 2.11 bits per heavy atom. The van der Waals surface area contributed by atoms with Crippen molar-refractivity contribution in [1.82, 2.24) is 0 Å². The Morgan fingerprint density at radius 3 is 2.67 bits per heavy atom. The fourth-order valence-electron chi connectivity index (χ4n) is 2.23. The topological polar surface area (TPSA) is 75.4 Å². The molecule has 1 aromatic carbocycles. The van der Waals surface area contributed by atoms with Gasteiger partial charge in [0.1, 0.15) is 0 Å². The first kappa shape index (κ1) is 12.8. The summed E-state index contributed by atoms with van der Waals surface area (Å²) in [5.74, 6) is -0.675. The number of anilines is 1. The highest BCUT2D eigenvalue weighted by molar-refractivity contribution is 5.50. The van der Waals surface area contributed by atoms with Crippen molar-refractivity contribution in [3.8, 4) is 0 Å². The van der Waals surface area contributed by atoms with Gasteiger partial charge in [0.05, 0.1) is 22.3 Å². The molecule has 2 rings (SSSR count). The second-order valence-corrected chi connectivity index (χ2v) is 4.71. The Kier molecular flexibility index (Phi) is 3.47. The van der Waals surface area contributed by atoms with E-state index in [0.29, 0.717) is 12.8 Å². The molecule has 0 amide bonds. The molecule has 1 aliphatic carbocycles. The maximum absolute atomic E-state index is 13.6. The van der Waals surface area contributed by atoms with E-state index in [4.69, 9.17) is 0 Å². The van der Waals surface area contributed by atoms with Gasteiger partial charge >= 0.3 is 0 Å². The third kappa shape index (κ3) is 2.76. The van der Waals surface area contributed by atoms with E-state index >= 15 is 0 Å². The first-order chi connectivity index (χ1) is 8.50. The molecule has 6 heteroatoms. The van der Waals surface area contributed by atoms with Gasteiger partial charge in [0.2, 0.25) is 0 Å². The van der Waals surface area contributed by atoms with E-state index in [1.165, 1.54) is 12.1 Å². The van der Waals surface area contributed by atoms with Gasteiger partial charge in [0.15, 0.2) is 5.82 Å². The van der Waals surface area contributed by atoms with Crippen molar-refractivity contribution >= 4 is 11.4 Å². The summed E-state index contributed by atoms with van der Waals surface area (Å²) in [6, 6.07) is 3.44. The number of benzene rings is 1. The molecule has 0 unspecified atom stereocenters. The van der Waals surface area contributed by atoms with E-state index in [1.54, 1.807) is 0 Å². The lowest BCUT2D eigenvalue weighted by Gasteiger charge is -2.23. The van der Waals surface area contributed by atoms with Crippen molar-refractivity contribution in [3.05, 3.63) is 34.1 Å².